The normalized spacial score (nSPS) is 23.2. The number of nitrogens with one attached hydrogen (secondary N) is 1. The molecule has 0 amide bonds. The zero-order valence-corrected chi connectivity index (χ0v) is 13.6. The average molecular weight is 311 g/mol. The van der Waals surface area contributed by atoms with Gasteiger partial charge in [-0.3, -0.25) is 5.84 Å². The fraction of sp³-hybridized carbons (Fsp3) is 0.600. The Hall–Kier alpha value is -1.11. The van der Waals surface area contributed by atoms with E-state index in [4.69, 9.17) is 5.84 Å². The monoisotopic (exact) mass is 311 g/mol. The fourth-order valence-electron chi connectivity index (χ4n) is 3.08. The van der Waals surface area contributed by atoms with Gasteiger partial charge in [-0.05, 0) is 43.7 Å². The summed E-state index contributed by atoms with van der Waals surface area (Å²) in [5.41, 5.74) is 2.91. The molecule has 1 aliphatic rings. The Morgan fingerprint density at radius 3 is 2.43 bits per heavy atom. The predicted octanol–water partition coefficient (Wildman–Crippen LogP) is 2.56. The van der Waals surface area contributed by atoms with Crippen molar-refractivity contribution in [2.24, 2.45) is 11.8 Å². The number of benzene rings is 1. The lowest BCUT2D eigenvalue weighted by molar-refractivity contribution is 0.233. The SMILES string of the molecule is CCC1CCC(N(C)S(=O)(=O)c2ccccc2NN)CC1. The number of hydrogen-bond acceptors (Lipinski definition) is 4. The first kappa shape index (κ1) is 16.3. The molecule has 0 bridgehead atoms. The lowest BCUT2D eigenvalue weighted by Crippen LogP contribution is -2.39. The van der Waals surface area contributed by atoms with Crippen LogP contribution < -0.4 is 11.3 Å². The van der Waals surface area contributed by atoms with E-state index in [1.165, 1.54) is 10.7 Å². The van der Waals surface area contributed by atoms with Crippen molar-refractivity contribution in [2.75, 3.05) is 12.5 Å². The highest BCUT2D eigenvalue weighted by atomic mass is 32.2. The molecular weight excluding hydrogens is 286 g/mol. The molecule has 0 unspecified atom stereocenters. The van der Waals surface area contributed by atoms with Gasteiger partial charge in [0, 0.05) is 13.1 Å². The number of nitrogens with two attached hydrogens (primary N) is 1. The van der Waals surface area contributed by atoms with Gasteiger partial charge < -0.3 is 5.43 Å². The number of hydrazine groups is 1. The quantitative estimate of drug-likeness (QED) is 0.647. The van der Waals surface area contributed by atoms with E-state index in [9.17, 15) is 8.42 Å². The lowest BCUT2D eigenvalue weighted by atomic mass is 9.85. The molecule has 1 aliphatic carbocycles. The van der Waals surface area contributed by atoms with Crippen LogP contribution >= 0.6 is 0 Å². The van der Waals surface area contributed by atoms with Crippen LogP contribution in [0.4, 0.5) is 5.69 Å². The first-order valence-corrected chi connectivity index (χ1v) is 8.98. The maximum atomic E-state index is 12.8. The van der Waals surface area contributed by atoms with E-state index >= 15 is 0 Å². The van der Waals surface area contributed by atoms with Crippen molar-refractivity contribution in [3.8, 4) is 0 Å². The Bertz CT molecular complexity index is 566. The van der Waals surface area contributed by atoms with E-state index in [0.717, 1.165) is 31.6 Å². The van der Waals surface area contributed by atoms with Gasteiger partial charge in [-0.25, -0.2) is 8.42 Å². The molecule has 0 spiro atoms. The van der Waals surface area contributed by atoms with Gasteiger partial charge in [-0.15, -0.1) is 0 Å². The topological polar surface area (TPSA) is 75.4 Å². The Kier molecular flexibility index (Phi) is 5.24. The molecule has 1 fully saturated rings. The van der Waals surface area contributed by atoms with Gasteiger partial charge in [0.05, 0.1) is 5.69 Å². The molecule has 1 aromatic rings. The third kappa shape index (κ3) is 3.39. The summed E-state index contributed by atoms with van der Waals surface area (Å²) in [5, 5.41) is 0. The molecule has 0 aromatic heterocycles. The lowest BCUT2D eigenvalue weighted by Gasteiger charge is -2.34. The van der Waals surface area contributed by atoms with Crippen LogP contribution in [0.3, 0.4) is 0 Å². The maximum absolute atomic E-state index is 12.8. The van der Waals surface area contributed by atoms with Gasteiger partial charge in [0.2, 0.25) is 10.0 Å². The summed E-state index contributed by atoms with van der Waals surface area (Å²) < 4.78 is 27.1. The van der Waals surface area contributed by atoms with Crippen LogP contribution in [0, 0.1) is 5.92 Å². The van der Waals surface area contributed by atoms with Crippen molar-refractivity contribution in [1.29, 1.82) is 0 Å². The number of hydrogen-bond donors (Lipinski definition) is 2. The van der Waals surface area contributed by atoms with Crippen LogP contribution in [0.25, 0.3) is 0 Å². The molecule has 0 aliphatic heterocycles. The predicted molar refractivity (Wildman–Crippen MR) is 85.2 cm³/mol. The first-order valence-electron chi connectivity index (χ1n) is 7.54. The van der Waals surface area contributed by atoms with Crippen LogP contribution in [0.15, 0.2) is 29.2 Å². The summed E-state index contributed by atoms with van der Waals surface area (Å²) in [7, 11) is -1.83. The zero-order chi connectivity index (χ0) is 15.5. The van der Waals surface area contributed by atoms with E-state index < -0.39 is 10.0 Å². The number of nitrogen functional groups attached to an aromatic ring is 1. The van der Waals surface area contributed by atoms with Crippen LogP contribution in [0.5, 0.6) is 0 Å². The summed E-state index contributed by atoms with van der Waals surface area (Å²) in [6.07, 6.45) is 5.28. The maximum Gasteiger partial charge on any atom is 0.245 e. The third-order valence-electron chi connectivity index (χ3n) is 4.61. The van der Waals surface area contributed by atoms with Crippen molar-refractivity contribution < 1.29 is 8.42 Å². The highest BCUT2D eigenvalue weighted by Crippen LogP contribution is 2.32. The number of sulfonamides is 1. The second kappa shape index (κ2) is 6.77. The zero-order valence-electron chi connectivity index (χ0n) is 12.7. The smallest absolute Gasteiger partial charge is 0.245 e. The average Bonchev–Trinajstić information content (AvgIpc) is 2.54. The molecule has 2 rings (SSSR count). The number of nitrogens with zero attached hydrogens (tertiary/aromatic N) is 1. The minimum absolute atomic E-state index is 0.0867. The molecule has 0 radical (unpaired) electrons. The van der Waals surface area contributed by atoms with E-state index in [-0.39, 0.29) is 10.9 Å². The molecule has 21 heavy (non-hydrogen) atoms. The van der Waals surface area contributed by atoms with Gasteiger partial charge in [-0.1, -0.05) is 25.5 Å². The van der Waals surface area contributed by atoms with Gasteiger partial charge in [0.25, 0.3) is 0 Å². The van der Waals surface area contributed by atoms with E-state index in [1.54, 1.807) is 31.3 Å². The second-order valence-corrected chi connectivity index (χ2v) is 7.71. The van der Waals surface area contributed by atoms with Gasteiger partial charge in [-0.2, -0.15) is 4.31 Å². The summed E-state index contributed by atoms with van der Waals surface area (Å²) >= 11 is 0. The van der Waals surface area contributed by atoms with Gasteiger partial charge >= 0.3 is 0 Å². The van der Waals surface area contributed by atoms with Crippen molar-refractivity contribution in [3.05, 3.63) is 24.3 Å². The Balaban J connectivity index is 2.19. The highest BCUT2D eigenvalue weighted by molar-refractivity contribution is 7.89. The van der Waals surface area contributed by atoms with E-state index in [2.05, 4.69) is 12.3 Å². The van der Waals surface area contributed by atoms with Crippen molar-refractivity contribution in [3.63, 3.8) is 0 Å². The second-order valence-electron chi connectivity index (χ2n) is 5.74. The minimum atomic E-state index is -3.51. The Morgan fingerprint density at radius 2 is 1.86 bits per heavy atom. The first-order chi connectivity index (χ1) is 10.0. The molecule has 6 heteroatoms. The van der Waals surface area contributed by atoms with E-state index in [1.807, 2.05) is 0 Å². The molecule has 0 atom stereocenters. The molecule has 1 saturated carbocycles. The molecule has 0 saturated heterocycles. The molecule has 1 aromatic carbocycles. The summed E-state index contributed by atoms with van der Waals surface area (Å²) in [4.78, 5) is 0.243. The Morgan fingerprint density at radius 1 is 1.24 bits per heavy atom. The van der Waals surface area contributed by atoms with Crippen molar-refractivity contribution in [1.82, 2.24) is 4.31 Å². The van der Waals surface area contributed by atoms with Crippen LogP contribution in [-0.2, 0) is 10.0 Å². The molecular formula is C15H25N3O2S. The van der Waals surface area contributed by atoms with Crippen LogP contribution in [0.2, 0.25) is 0 Å². The summed E-state index contributed by atoms with van der Waals surface area (Å²) in [5.74, 6) is 6.17. The molecule has 5 nitrogen and oxygen atoms in total. The van der Waals surface area contributed by atoms with Crippen LogP contribution in [-0.4, -0.2) is 25.8 Å². The minimum Gasteiger partial charge on any atom is -0.323 e. The van der Waals surface area contributed by atoms with Crippen molar-refractivity contribution >= 4 is 15.7 Å². The standard InChI is InChI=1S/C15H25N3O2S/c1-3-12-8-10-13(11-9-12)18(2)21(19,20)15-7-5-4-6-14(15)17-16/h4-7,12-13,17H,3,8-11,16H2,1-2H3. The fourth-order valence-corrected chi connectivity index (χ4v) is 4.65. The number of para-hydroxylation sites is 1. The summed E-state index contributed by atoms with van der Waals surface area (Å²) in [6.45, 7) is 2.20. The molecule has 118 valence electrons. The van der Waals surface area contributed by atoms with Crippen LogP contribution in [0.1, 0.15) is 39.0 Å². The highest BCUT2D eigenvalue weighted by Gasteiger charge is 2.32. The van der Waals surface area contributed by atoms with Gasteiger partial charge in [0.1, 0.15) is 4.90 Å². The molecule has 0 heterocycles. The number of anilines is 1. The van der Waals surface area contributed by atoms with E-state index in [0.29, 0.717) is 5.69 Å². The summed E-state index contributed by atoms with van der Waals surface area (Å²) in [6, 6.07) is 6.84. The van der Waals surface area contributed by atoms with Gasteiger partial charge in [0.15, 0.2) is 0 Å². The largest absolute Gasteiger partial charge is 0.323 e. The molecule has 3 N–H and O–H groups in total. The third-order valence-corrected chi connectivity index (χ3v) is 6.58. The van der Waals surface area contributed by atoms with Crippen molar-refractivity contribution in [2.45, 2.75) is 50.0 Å². The number of rotatable bonds is 5. The Labute approximate surface area is 127 Å².